The quantitative estimate of drug-likeness (QED) is 0.0584. The van der Waals surface area contributed by atoms with E-state index in [0.717, 1.165) is 52.2 Å². The summed E-state index contributed by atoms with van der Waals surface area (Å²) in [6.07, 6.45) is 5.69. The Kier molecular flexibility index (Phi) is 12.6. The molecule has 5 amide bonds. The number of nitrogens with two attached hydrogens (primary N) is 2. The van der Waals surface area contributed by atoms with E-state index in [9.17, 15) is 24.0 Å². The van der Waals surface area contributed by atoms with Gasteiger partial charge in [0.05, 0.1) is 48.8 Å². The van der Waals surface area contributed by atoms with Crippen LogP contribution in [-0.4, -0.2) is 99.5 Å². The summed E-state index contributed by atoms with van der Waals surface area (Å²) < 4.78 is 13.3. The van der Waals surface area contributed by atoms with E-state index in [-0.39, 0.29) is 61.7 Å². The molecule has 6 aromatic rings. The molecule has 0 bridgehead atoms. The minimum absolute atomic E-state index is 0.0497. The Morgan fingerprint density at radius 3 is 2.41 bits per heavy atom. The molecule has 2 aliphatic heterocycles. The molecular weight excluding hydrogens is 841 g/mol. The third-order valence-electron chi connectivity index (χ3n) is 12.4. The molecule has 7 N–H and O–H groups in total. The summed E-state index contributed by atoms with van der Waals surface area (Å²) in [7, 11) is 0. The van der Waals surface area contributed by atoms with E-state index in [1.165, 1.54) is 0 Å². The molecule has 338 valence electrons. The maximum absolute atomic E-state index is 13.3. The first-order chi connectivity index (χ1) is 32.1. The van der Waals surface area contributed by atoms with Crippen molar-refractivity contribution in [2.45, 2.75) is 56.5 Å². The first kappa shape index (κ1) is 43.9. The molecule has 9 rings (SSSR count). The molecule has 1 atom stereocenters. The molecule has 1 unspecified atom stereocenters. The molecule has 0 spiro atoms. The average Bonchev–Trinajstić information content (AvgIpc) is 3.81. The van der Waals surface area contributed by atoms with Gasteiger partial charge in [0.15, 0.2) is 11.5 Å². The summed E-state index contributed by atoms with van der Waals surface area (Å²) in [5, 5.41) is 8.32. The van der Waals surface area contributed by atoms with Crippen LogP contribution in [0.2, 0.25) is 0 Å². The molecule has 1 aliphatic carbocycles. The number of aromatic nitrogens is 4. The summed E-state index contributed by atoms with van der Waals surface area (Å²) >= 11 is 0. The number of rotatable bonds is 18. The number of hydrogen-bond acceptors (Lipinski definition) is 13. The summed E-state index contributed by atoms with van der Waals surface area (Å²) in [6, 6.07) is 27.9. The maximum Gasteiger partial charge on any atom is 0.264 e. The lowest BCUT2D eigenvalue weighted by atomic mass is 9.73. The normalized spacial score (nSPS) is 16.6. The number of ether oxygens (including phenoxy) is 2. The Labute approximate surface area is 380 Å². The number of fused-ring (bicyclic) bond motifs is 2. The highest BCUT2D eigenvalue weighted by Crippen LogP contribution is 2.40. The fourth-order valence-electron chi connectivity index (χ4n) is 8.67. The van der Waals surface area contributed by atoms with Gasteiger partial charge in [-0.1, -0.05) is 36.4 Å². The predicted molar refractivity (Wildman–Crippen MR) is 246 cm³/mol. The molecule has 5 heterocycles. The van der Waals surface area contributed by atoms with Crippen LogP contribution >= 0.6 is 0 Å². The van der Waals surface area contributed by atoms with Crippen molar-refractivity contribution in [2.24, 2.45) is 5.73 Å². The SMILES string of the molecule is Nc1ncccc1-c1nc2ccc(-c3cccc(CCNC(=O)CCOCCOCCNc4cccc5c4C(=O)N(C4CCC(=O)NC4=O)C5=O)c3)nc2n1-c1ccc(C2(N)CCC2)cc1. The van der Waals surface area contributed by atoms with Crippen LogP contribution in [0.25, 0.3) is 39.5 Å². The second-order valence-electron chi connectivity index (χ2n) is 16.7. The lowest BCUT2D eigenvalue weighted by Gasteiger charge is -2.38. The van der Waals surface area contributed by atoms with Crippen molar-refractivity contribution < 1.29 is 33.4 Å². The number of imidazole rings is 1. The fraction of sp³-hybridized carbons (Fsp3) is 0.306. The van der Waals surface area contributed by atoms with Crippen LogP contribution in [0.4, 0.5) is 11.5 Å². The van der Waals surface area contributed by atoms with E-state index in [1.807, 2.05) is 47.0 Å². The minimum atomic E-state index is -1.03. The van der Waals surface area contributed by atoms with Crippen LogP contribution in [0.15, 0.2) is 97.2 Å². The molecule has 1 saturated heterocycles. The van der Waals surface area contributed by atoms with Crippen LogP contribution in [-0.2, 0) is 35.8 Å². The monoisotopic (exact) mass is 890 g/mol. The van der Waals surface area contributed by atoms with Crippen molar-refractivity contribution in [1.82, 2.24) is 35.1 Å². The number of imide groups is 2. The predicted octanol–water partition coefficient (Wildman–Crippen LogP) is 4.66. The number of carbonyl (C=O) groups excluding carboxylic acids is 5. The van der Waals surface area contributed by atoms with Gasteiger partial charge < -0.3 is 31.6 Å². The molecule has 3 aliphatic rings. The second kappa shape index (κ2) is 19.0. The largest absolute Gasteiger partial charge is 0.383 e. The Balaban J connectivity index is 0.728. The Morgan fingerprint density at radius 1 is 0.848 bits per heavy atom. The summed E-state index contributed by atoms with van der Waals surface area (Å²) in [4.78, 5) is 78.4. The highest BCUT2D eigenvalue weighted by Gasteiger charge is 2.45. The molecule has 3 aromatic heterocycles. The van der Waals surface area contributed by atoms with Gasteiger partial charge in [-0.3, -0.25) is 38.8 Å². The van der Waals surface area contributed by atoms with E-state index in [1.54, 1.807) is 24.4 Å². The van der Waals surface area contributed by atoms with Crippen LogP contribution in [0.3, 0.4) is 0 Å². The zero-order valence-electron chi connectivity index (χ0n) is 36.3. The van der Waals surface area contributed by atoms with Crippen molar-refractivity contribution in [3.63, 3.8) is 0 Å². The number of nitrogens with zero attached hydrogens (tertiary/aromatic N) is 5. The van der Waals surface area contributed by atoms with Crippen molar-refractivity contribution >= 4 is 52.2 Å². The highest BCUT2D eigenvalue weighted by atomic mass is 16.5. The first-order valence-corrected chi connectivity index (χ1v) is 22.2. The molecule has 1 saturated carbocycles. The van der Waals surface area contributed by atoms with Crippen molar-refractivity contribution in [2.75, 3.05) is 50.6 Å². The molecule has 66 heavy (non-hydrogen) atoms. The van der Waals surface area contributed by atoms with Gasteiger partial charge in [0.1, 0.15) is 17.4 Å². The summed E-state index contributed by atoms with van der Waals surface area (Å²) in [6.45, 7) is 1.89. The van der Waals surface area contributed by atoms with Gasteiger partial charge in [-0.05, 0) is 97.8 Å². The van der Waals surface area contributed by atoms with Crippen molar-refractivity contribution in [3.05, 3.63) is 119 Å². The molecule has 2 fully saturated rings. The fourth-order valence-corrected chi connectivity index (χ4v) is 8.67. The van der Waals surface area contributed by atoms with Gasteiger partial charge >= 0.3 is 0 Å². The number of benzene rings is 3. The Hall–Kier alpha value is -7.34. The standard InChI is InChI=1S/C49H50N10O7/c50-43-35(8-3-22-54-43)44-56-38-15-14-36(55-45(38)58(44)33-12-10-32(11-13-33)49(51)20-4-21-49)31-6-1-5-30(29-31)18-23-53-40(60)19-25-65-27-28-66-26-24-52-37-9-2-7-34-42(37)48(64)59(47(34)63)39-16-17-41(61)57-46(39)62/h1-3,5-15,22,29,39,52H,4,16-21,23-28,51H2,(H2,50,54)(H,53,60)(H,57,61,62). The number of pyridine rings is 2. The van der Waals surface area contributed by atoms with Crippen molar-refractivity contribution in [3.8, 4) is 28.3 Å². The first-order valence-electron chi connectivity index (χ1n) is 22.2. The Bertz CT molecular complexity index is 2840. The minimum Gasteiger partial charge on any atom is -0.383 e. The summed E-state index contributed by atoms with van der Waals surface area (Å²) in [5.41, 5.74) is 20.4. The van der Waals surface area contributed by atoms with E-state index >= 15 is 0 Å². The number of nitrogen functional groups attached to an aromatic ring is 1. The van der Waals surface area contributed by atoms with Crippen LogP contribution in [0, 0.1) is 0 Å². The van der Waals surface area contributed by atoms with Gasteiger partial charge in [-0.2, -0.15) is 0 Å². The topological polar surface area (TPSA) is 239 Å². The van der Waals surface area contributed by atoms with Gasteiger partial charge in [-0.15, -0.1) is 0 Å². The molecular formula is C49H50N10O7. The number of amides is 5. The number of piperidine rings is 1. The van der Waals surface area contributed by atoms with Gasteiger partial charge in [-0.25, -0.2) is 15.0 Å². The second-order valence-corrected chi connectivity index (χ2v) is 16.7. The lowest BCUT2D eigenvalue weighted by molar-refractivity contribution is -0.136. The van der Waals surface area contributed by atoms with E-state index in [2.05, 4.69) is 51.3 Å². The van der Waals surface area contributed by atoms with E-state index < -0.39 is 29.7 Å². The third-order valence-corrected chi connectivity index (χ3v) is 12.4. The number of anilines is 2. The molecule has 17 heteroatoms. The molecule has 17 nitrogen and oxygen atoms in total. The summed E-state index contributed by atoms with van der Waals surface area (Å²) in [5.74, 6) is -1.33. The highest BCUT2D eigenvalue weighted by molar-refractivity contribution is 6.25. The van der Waals surface area contributed by atoms with Crippen molar-refractivity contribution in [1.29, 1.82) is 0 Å². The maximum atomic E-state index is 13.3. The van der Waals surface area contributed by atoms with Gasteiger partial charge in [0.25, 0.3) is 11.8 Å². The average molecular weight is 891 g/mol. The number of hydrogen-bond donors (Lipinski definition) is 5. The third kappa shape index (κ3) is 9.00. The smallest absolute Gasteiger partial charge is 0.264 e. The number of carbonyl (C=O) groups is 5. The van der Waals surface area contributed by atoms with Crippen LogP contribution < -0.4 is 27.4 Å². The van der Waals surface area contributed by atoms with E-state index in [0.29, 0.717) is 60.2 Å². The number of nitrogens with one attached hydrogen (secondary N) is 3. The Morgan fingerprint density at radius 2 is 1.64 bits per heavy atom. The zero-order chi connectivity index (χ0) is 45.8. The van der Waals surface area contributed by atoms with E-state index in [4.69, 9.17) is 30.9 Å². The lowest BCUT2D eigenvalue weighted by Crippen LogP contribution is -2.54. The molecule has 0 radical (unpaired) electrons. The van der Waals surface area contributed by atoms with Gasteiger partial charge in [0.2, 0.25) is 17.7 Å². The zero-order valence-corrected chi connectivity index (χ0v) is 36.3. The molecule has 3 aromatic carbocycles. The van der Waals surface area contributed by atoms with Gasteiger partial charge in [0, 0.05) is 54.6 Å². The van der Waals surface area contributed by atoms with Crippen LogP contribution in [0.5, 0.6) is 0 Å². The van der Waals surface area contributed by atoms with Crippen LogP contribution in [0.1, 0.15) is 70.4 Å².